The van der Waals surface area contributed by atoms with E-state index in [4.69, 9.17) is 5.26 Å². The maximum atomic E-state index is 8.43. The quantitative estimate of drug-likeness (QED) is 0.640. The highest BCUT2D eigenvalue weighted by molar-refractivity contribution is 4.80. The molecule has 1 aliphatic heterocycles. The van der Waals surface area contributed by atoms with Crippen LogP contribution in [-0.4, -0.2) is 24.5 Å². The van der Waals surface area contributed by atoms with E-state index in [2.05, 4.69) is 24.8 Å². The summed E-state index contributed by atoms with van der Waals surface area (Å²) in [6, 6.07) is 2.20. The molecule has 1 saturated heterocycles. The first-order valence-electron chi connectivity index (χ1n) is 4.83. The monoisotopic (exact) mass is 166 g/mol. The van der Waals surface area contributed by atoms with E-state index in [9.17, 15) is 0 Å². The lowest BCUT2D eigenvalue weighted by molar-refractivity contribution is 0.309. The van der Waals surface area contributed by atoms with Crippen LogP contribution in [0, 0.1) is 23.2 Å². The topological polar surface area (TPSA) is 27.0 Å². The molecule has 0 spiro atoms. The van der Waals surface area contributed by atoms with Gasteiger partial charge in [0.1, 0.15) is 0 Å². The summed E-state index contributed by atoms with van der Waals surface area (Å²) in [5, 5.41) is 8.43. The summed E-state index contributed by atoms with van der Waals surface area (Å²) in [4.78, 5) is 2.41. The summed E-state index contributed by atoms with van der Waals surface area (Å²) in [5.74, 6) is 1.67. The smallest absolute Gasteiger partial charge is 0.0635 e. The molecule has 0 amide bonds. The predicted octanol–water partition coefficient (Wildman–Crippen LogP) is 1.88. The highest BCUT2D eigenvalue weighted by Gasteiger charge is 2.23. The van der Waals surface area contributed by atoms with Gasteiger partial charge in [-0.05, 0) is 24.8 Å². The predicted molar refractivity (Wildman–Crippen MR) is 49.6 cm³/mol. The summed E-state index contributed by atoms with van der Waals surface area (Å²) >= 11 is 0. The average molecular weight is 166 g/mol. The van der Waals surface area contributed by atoms with E-state index in [-0.39, 0.29) is 0 Å². The van der Waals surface area contributed by atoms with Crippen molar-refractivity contribution in [2.75, 3.05) is 19.6 Å². The van der Waals surface area contributed by atoms with Gasteiger partial charge in [-0.25, -0.2) is 0 Å². The van der Waals surface area contributed by atoms with Gasteiger partial charge in [0, 0.05) is 19.5 Å². The molecule has 0 aromatic carbocycles. The van der Waals surface area contributed by atoms with Gasteiger partial charge in [-0.1, -0.05) is 13.8 Å². The molecule has 1 fully saturated rings. The molecular weight excluding hydrogens is 148 g/mol. The van der Waals surface area contributed by atoms with E-state index in [1.165, 1.54) is 19.5 Å². The van der Waals surface area contributed by atoms with E-state index >= 15 is 0 Å². The normalized spacial score (nSPS) is 24.7. The lowest BCUT2D eigenvalue weighted by atomic mass is 9.95. The molecule has 1 unspecified atom stereocenters. The summed E-state index contributed by atoms with van der Waals surface area (Å²) in [6.07, 6.45) is 2.01. The lowest BCUT2D eigenvalue weighted by Gasteiger charge is -2.16. The molecule has 1 atom stereocenters. The van der Waals surface area contributed by atoms with Crippen molar-refractivity contribution in [3.8, 4) is 6.07 Å². The zero-order valence-electron chi connectivity index (χ0n) is 8.08. The minimum Gasteiger partial charge on any atom is -0.302 e. The van der Waals surface area contributed by atoms with Crippen LogP contribution >= 0.6 is 0 Å². The van der Waals surface area contributed by atoms with Crippen molar-refractivity contribution in [1.29, 1.82) is 5.26 Å². The molecule has 2 nitrogen and oxygen atoms in total. The fourth-order valence-corrected chi connectivity index (χ4v) is 1.82. The first-order valence-corrected chi connectivity index (χ1v) is 4.83. The summed E-state index contributed by atoms with van der Waals surface area (Å²) < 4.78 is 0. The van der Waals surface area contributed by atoms with Gasteiger partial charge in [-0.2, -0.15) is 5.26 Å². The molecule has 2 heteroatoms. The number of hydrogen-bond donors (Lipinski definition) is 0. The summed E-state index contributed by atoms with van der Waals surface area (Å²) in [5.41, 5.74) is 0. The Morgan fingerprint density at radius 1 is 1.58 bits per heavy atom. The molecule has 0 N–H and O–H groups in total. The van der Waals surface area contributed by atoms with Crippen molar-refractivity contribution in [2.45, 2.75) is 26.7 Å². The number of hydrogen-bond acceptors (Lipinski definition) is 2. The Balaban J connectivity index is 2.22. The third kappa shape index (κ3) is 2.49. The van der Waals surface area contributed by atoms with Crippen LogP contribution in [0.15, 0.2) is 0 Å². The Kier molecular flexibility index (Phi) is 3.55. The van der Waals surface area contributed by atoms with Crippen LogP contribution in [0.2, 0.25) is 0 Å². The first kappa shape index (κ1) is 9.54. The standard InChI is InChI=1S/C10H18N2/c1-9(2)10-4-7-12(8-10)6-3-5-11/h9-10H,3-4,6-8H2,1-2H3. The highest BCUT2D eigenvalue weighted by Crippen LogP contribution is 2.23. The maximum Gasteiger partial charge on any atom is 0.0635 e. The molecule has 0 radical (unpaired) electrons. The fraction of sp³-hybridized carbons (Fsp3) is 0.900. The first-order chi connectivity index (χ1) is 5.74. The molecule has 0 aliphatic carbocycles. The summed E-state index contributed by atoms with van der Waals surface area (Å²) in [6.45, 7) is 7.96. The van der Waals surface area contributed by atoms with E-state index in [1.807, 2.05) is 0 Å². The Morgan fingerprint density at radius 2 is 2.33 bits per heavy atom. The van der Waals surface area contributed by atoms with Crippen LogP contribution in [-0.2, 0) is 0 Å². The molecule has 0 aromatic heterocycles. The molecule has 0 bridgehead atoms. The van der Waals surface area contributed by atoms with E-state index in [0.29, 0.717) is 6.42 Å². The van der Waals surface area contributed by atoms with Crippen molar-refractivity contribution in [1.82, 2.24) is 4.90 Å². The molecule has 12 heavy (non-hydrogen) atoms. The highest BCUT2D eigenvalue weighted by atomic mass is 15.1. The molecule has 0 aromatic rings. The average Bonchev–Trinajstić information content (AvgIpc) is 2.48. The second-order valence-electron chi connectivity index (χ2n) is 4.00. The lowest BCUT2D eigenvalue weighted by Crippen LogP contribution is -2.22. The van der Waals surface area contributed by atoms with E-state index < -0.39 is 0 Å². The largest absolute Gasteiger partial charge is 0.302 e. The summed E-state index contributed by atoms with van der Waals surface area (Å²) in [7, 11) is 0. The second kappa shape index (κ2) is 4.47. The van der Waals surface area contributed by atoms with Crippen molar-refractivity contribution in [2.24, 2.45) is 11.8 Å². The Hall–Kier alpha value is -0.550. The van der Waals surface area contributed by atoms with E-state index in [1.54, 1.807) is 0 Å². The number of nitrogens with zero attached hydrogens (tertiary/aromatic N) is 2. The van der Waals surface area contributed by atoms with Crippen molar-refractivity contribution in [3.05, 3.63) is 0 Å². The van der Waals surface area contributed by atoms with Gasteiger partial charge >= 0.3 is 0 Å². The van der Waals surface area contributed by atoms with Crippen molar-refractivity contribution < 1.29 is 0 Å². The minimum atomic E-state index is 0.685. The minimum absolute atomic E-state index is 0.685. The Labute approximate surface area is 75.2 Å². The van der Waals surface area contributed by atoms with Crippen LogP contribution in [0.5, 0.6) is 0 Å². The van der Waals surface area contributed by atoms with Crippen LogP contribution < -0.4 is 0 Å². The van der Waals surface area contributed by atoms with Crippen molar-refractivity contribution >= 4 is 0 Å². The number of rotatable bonds is 3. The Morgan fingerprint density at radius 3 is 2.83 bits per heavy atom. The van der Waals surface area contributed by atoms with Gasteiger partial charge in [0.2, 0.25) is 0 Å². The number of likely N-dealkylation sites (tertiary alicyclic amines) is 1. The SMILES string of the molecule is CC(C)C1CCN(CCC#N)C1. The fourth-order valence-electron chi connectivity index (χ4n) is 1.82. The molecule has 68 valence electrons. The van der Waals surface area contributed by atoms with Gasteiger partial charge in [0.25, 0.3) is 0 Å². The maximum absolute atomic E-state index is 8.43. The van der Waals surface area contributed by atoms with Gasteiger partial charge < -0.3 is 4.90 Å². The van der Waals surface area contributed by atoms with Gasteiger partial charge in [0.05, 0.1) is 6.07 Å². The van der Waals surface area contributed by atoms with Gasteiger partial charge in [0.15, 0.2) is 0 Å². The van der Waals surface area contributed by atoms with Crippen LogP contribution in [0.1, 0.15) is 26.7 Å². The second-order valence-corrected chi connectivity index (χ2v) is 4.00. The van der Waals surface area contributed by atoms with Gasteiger partial charge in [-0.15, -0.1) is 0 Å². The molecule has 1 rings (SSSR count). The van der Waals surface area contributed by atoms with Gasteiger partial charge in [-0.3, -0.25) is 0 Å². The molecule has 0 saturated carbocycles. The third-order valence-corrected chi connectivity index (χ3v) is 2.79. The van der Waals surface area contributed by atoms with Crippen LogP contribution in [0.25, 0.3) is 0 Å². The zero-order chi connectivity index (χ0) is 8.97. The van der Waals surface area contributed by atoms with E-state index in [0.717, 1.165) is 18.4 Å². The molecule has 1 aliphatic rings. The Bertz CT molecular complexity index is 169. The van der Waals surface area contributed by atoms with Crippen molar-refractivity contribution in [3.63, 3.8) is 0 Å². The van der Waals surface area contributed by atoms with Crippen LogP contribution in [0.3, 0.4) is 0 Å². The zero-order valence-corrected chi connectivity index (χ0v) is 8.08. The van der Waals surface area contributed by atoms with Crippen LogP contribution in [0.4, 0.5) is 0 Å². The molecule has 1 heterocycles. The molecular formula is C10H18N2. The third-order valence-electron chi connectivity index (χ3n) is 2.79. The number of nitriles is 1.